The summed E-state index contributed by atoms with van der Waals surface area (Å²) in [6, 6.07) is 9.19. The SMILES string of the molecule is CN(Cc1ccccc1CN1CCCC1)Cc1nnc(C2CC(N)C2)n1C. The van der Waals surface area contributed by atoms with Gasteiger partial charge >= 0.3 is 0 Å². The smallest absolute Gasteiger partial charge is 0.146 e. The van der Waals surface area contributed by atoms with Crippen LogP contribution in [0.1, 0.15) is 54.4 Å². The molecule has 27 heavy (non-hydrogen) atoms. The molecule has 0 amide bonds. The highest BCUT2D eigenvalue weighted by molar-refractivity contribution is 5.27. The van der Waals surface area contributed by atoms with Crippen molar-refractivity contribution in [3.05, 3.63) is 47.0 Å². The van der Waals surface area contributed by atoms with E-state index in [0.29, 0.717) is 12.0 Å². The Labute approximate surface area is 162 Å². The van der Waals surface area contributed by atoms with E-state index in [-0.39, 0.29) is 0 Å². The van der Waals surface area contributed by atoms with E-state index in [0.717, 1.165) is 44.1 Å². The first-order chi connectivity index (χ1) is 13.1. The minimum atomic E-state index is 0.338. The van der Waals surface area contributed by atoms with Crippen LogP contribution >= 0.6 is 0 Å². The molecule has 2 heterocycles. The largest absolute Gasteiger partial charge is 0.328 e. The van der Waals surface area contributed by atoms with E-state index in [1.807, 2.05) is 0 Å². The molecule has 0 atom stereocenters. The molecule has 4 rings (SSSR count). The van der Waals surface area contributed by atoms with Gasteiger partial charge in [0.05, 0.1) is 6.54 Å². The molecular formula is C21H32N6. The van der Waals surface area contributed by atoms with E-state index in [4.69, 9.17) is 5.73 Å². The Balaban J connectivity index is 1.39. The Kier molecular flexibility index (Phi) is 5.57. The summed E-state index contributed by atoms with van der Waals surface area (Å²) in [6.07, 6.45) is 4.74. The topological polar surface area (TPSA) is 63.2 Å². The molecule has 0 radical (unpaired) electrons. The summed E-state index contributed by atoms with van der Waals surface area (Å²) >= 11 is 0. The predicted octanol–water partition coefficient (Wildman–Crippen LogP) is 2.25. The number of rotatable bonds is 7. The van der Waals surface area contributed by atoms with E-state index in [1.54, 1.807) is 0 Å². The van der Waals surface area contributed by atoms with Gasteiger partial charge in [-0.05, 0) is 56.9 Å². The van der Waals surface area contributed by atoms with Gasteiger partial charge in [-0.15, -0.1) is 10.2 Å². The van der Waals surface area contributed by atoms with E-state index in [9.17, 15) is 0 Å². The van der Waals surface area contributed by atoms with Crippen molar-refractivity contribution in [1.82, 2.24) is 24.6 Å². The van der Waals surface area contributed by atoms with Crippen molar-refractivity contribution >= 4 is 0 Å². The van der Waals surface area contributed by atoms with Crippen molar-refractivity contribution in [2.24, 2.45) is 12.8 Å². The highest BCUT2D eigenvalue weighted by Crippen LogP contribution is 2.34. The maximum atomic E-state index is 5.93. The van der Waals surface area contributed by atoms with Crippen LogP contribution in [0.2, 0.25) is 0 Å². The summed E-state index contributed by atoms with van der Waals surface area (Å²) in [5, 5.41) is 8.90. The lowest BCUT2D eigenvalue weighted by atomic mass is 9.80. The van der Waals surface area contributed by atoms with Crippen molar-refractivity contribution in [2.75, 3.05) is 20.1 Å². The third kappa shape index (κ3) is 4.23. The van der Waals surface area contributed by atoms with E-state index in [1.165, 1.54) is 37.1 Å². The van der Waals surface area contributed by atoms with Crippen molar-refractivity contribution in [2.45, 2.75) is 57.3 Å². The first kappa shape index (κ1) is 18.6. The molecule has 6 nitrogen and oxygen atoms in total. The fourth-order valence-corrected chi connectivity index (χ4v) is 4.38. The van der Waals surface area contributed by atoms with E-state index < -0.39 is 0 Å². The van der Waals surface area contributed by atoms with Crippen LogP contribution in [-0.2, 0) is 26.7 Å². The molecule has 1 aliphatic carbocycles. The second-order valence-corrected chi connectivity index (χ2v) is 8.39. The molecule has 0 spiro atoms. The fourth-order valence-electron chi connectivity index (χ4n) is 4.38. The Hall–Kier alpha value is -1.76. The van der Waals surface area contributed by atoms with E-state index in [2.05, 4.69) is 62.9 Å². The summed E-state index contributed by atoms with van der Waals surface area (Å²) in [5.41, 5.74) is 8.80. The normalized spacial score (nSPS) is 23.1. The minimum absolute atomic E-state index is 0.338. The molecule has 1 aliphatic heterocycles. The predicted molar refractivity (Wildman–Crippen MR) is 107 cm³/mol. The highest BCUT2D eigenvalue weighted by atomic mass is 15.3. The van der Waals surface area contributed by atoms with Crippen LogP contribution in [0.3, 0.4) is 0 Å². The number of hydrogen-bond acceptors (Lipinski definition) is 5. The summed E-state index contributed by atoms with van der Waals surface area (Å²) in [5.74, 6) is 2.61. The van der Waals surface area contributed by atoms with Crippen molar-refractivity contribution in [3.63, 3.8) is 0 Å². The van der Waals surface area contributed by atoms with Gasteiger partial charge in [-0.3, -0.25) is 9.80 Å². The molecule has 6 heteroatoms. The van der Waals surface area contributed by atoms with Crippen LogP contribution in [0.5, 0.6) is 0 Å². The third-order valence-electron chi connectivity index (χ3n) is 6.10. The molecule has 0 unspecified atom stereocenters. The van der Waals surface area contributed by atoms with Gasteiger partial charge < -0.3 is 10.3 Å². The molecule has 1 saturated carbocycles. The van der Waals surface area contributed by atoms with Gasteiger partial charge in [0, 0.05) is 32.1 Å². The number of benzene rings is 1. The minimum Gasteiger partial charge on any atom is -0.328 e. The van der Waals surface area contributed by atoms with Crippen LogP contribution in [0, 0.1) is 0 Å². The lowest BCUT2D eigenvalue weighted by Gasteiger charge is -2.31. The Bertz CT molecular complexity index is 758. The zero-order valence-electron chi connectivity index (χ0n) is 16.6. The zero-order valence-corrected chi connectivity index (χ0v) is 16.6. The summed E-state index contributed by atoms with van der Waals surface area (Å²) in [4.78, 5) is 4.90. The quantitative estimate of drug-likeness (QED) is 0.812. The second-order valence-electron chi connectivity index (χ2n) is 8.39. The lowest BCUT2D eigenvalue weighted by molar-refractivity contribution is 0.296. The van der Waals surface area contributed by atoms with Crippen molar-refractivity contribution in [3.8, 4) is 0 Å². The lowest BCUT2D eigenvalue weighted by Crippen LogP contribution is -2.36. The van der Waals surface area contributed by atoms with Gasteiger partial charge in [0.1, 0.15) is 11.6 Å². The Morgan fingerprint density at radius 3 is 2.48 bits per heavy atom. The molecule has 0 bridgehead atoms. The second kappa shape index (κ2) is 8.09. The Morgan fingerprint density at radius 2 is 1.78 bits per heavy atom. The average molecular weight is 369 g/mol. The van der Waals surface area contributed by atoms with Gasteiger partial charge in [0.2, 0.25) is 0 Å². The summed E-state index contributed by atoms with van der Waals surface area (Å²) < 4.78 is 2.17. The number of hydrogen-bond donors (Lipinski definition) is 1. The molecule has 2 aromatic rings. The zero-order chi connectivity index (χ0) is 18.8. The third-order valence-corrected chi connectivity index (χ3v) is 6.10. The maximum absolute atomic E-state index is 5.93. The molecule has 2 aliphatic rings. The first-order valence-corrected chi connectivity index (χ1v) is 10.2. The van der Waals surface area contributed by atoms with Gasteiger partial charge in [0.15, 0.2) is 0 Å². The maximum Gasteiger partial charge on any atom is 0.146 e. The summed E-state index contributed by atoms with van der Waals surface area (Å²) in [7, 11) is 4.25. The van der Waals surface area contributed by atoms with Crippen molar-refractivity contribution in [1.29, 1.82) is 0 Å². The van der Waals surface area contributed by atoms with Gasteiger partial charge in [-0.2, -0.15) is 0 Å². The van der Waals surface area contributed by atoms with Crippen LogP contribution in [-0.4, -0.2) is 50.7 Å². The molecule has 2 fully saturated rings. The standard InChI is InChI=1S/C21H32N6/c1-25(15-20-23-24-21(26(20)2)18-11-19(22)12-18)13-16-7-3-4-8-17(16)14-27-9-5-6-10-27/h3-4,7-8,18-19H,5-6,9-15,22H2,1-2H3. The van der Waals surface area contributed by atoms with Crippen molar-refractivity contribution < 1.29 is 0 Å². The molecule has 1 aromatic heterocycles. The molecular weight excluding hydrogens is 336 g/mol. The number of aromatic nitrogens is 3. The number of nitrogens with two attached hydrogens (primary N) is 1. The van der Waals surface area contributed by atoms with Crippen LogP contribution in [0.4, 0.5) is 0 Å². The highest BCUT2D eigenvalue weighted by Gasteiger charge is 2.31. The molecule has 2 N–H and O–H groups in total. The molecule has 1 saturated heterocycles. The summed E-state index contributed by atoms with van der Waals surface area (Å²) in [6.45, 7) is 5.27. The average Bonchev–Trinajstić information content (AvgIpc) is 3.25. The van der Waals surface area contributed by atoms with Crippen LogP contribution in [0.15, 0.2) is 24.3 Å². The number of likely N-dealkylation sites (tertiary alicyclic amines) is 1. The fraction of sp³-hybridized carbons (Fsp3) is 0.619. The monoisotopic (exact) mass is 368 g/mol. The molecule has 1 aromatic carbocycles. The van der Waals surface area contributed by atoms with Crippen LogP contribution in [0.25, 0.3) is 0 Å². The number of nitrogens with zero attached hydrogens (tertiary/aromatic N) is 5. The first-order valence-electron chi connectivity index (χ1n) is 10.2. The van der Waals surface area contributed by atoms with Gasteiger partial charge in [0.25, 0.3) is 0 Å². The van der Waals surface area contributed by atoms with Gasteiger partial charge in [-0.1, -0.05) is 24.3 Å². The Morgan fingerprint density at radius 1 is 1.07 bits per heavy atom. The van der Waals surface area contributed by atoms with Gasteiger partial charge in [-0.25, -0.2) is 0 Å². The van der Waals surface area contributed by atoms with E-state index >= 15 is 0 Å². The molecule has 146 valence electrons. The van der Waals surface area contributed by atoms with Crippen LogP contribution < -0.4 is 5.73 Å².